The lowest BCUT2D eigenvalue weighted by molar-refractivity contribution is -0.134. The Kier molecular flexibility index (Phi) is 5.98. The van der Waals surface area contributed by atoms with Gasteiger partial charge in [-0.25, -0.2) is 4.79 Å². The van der Waals surface area contributed by atoms with Crippen molar-refractivity contribution in [3.63, 3.8) is 0 Å². The summed E-state index contributed by atoms with van der Waals surface area (Å²) in [5, 5.41) is 12.0. The third-order valence-electron chi connectivity index (χ3n) is 3.00. The summed E-state index contributed by atoms with van der Waals surface area (Å²) in [7, 11) is 0. The summed E-state index contributed by atoms with van der Waals surface area (Å²) in [5.41, 5.74) is 1.33. The van der Waals surface area contributed by atoms with Crippen LogP contribution in [0.3, 0.4) is 0 Å². The molecule has 0 saturated carbocycles. The fourth-order valence-corrected chi connectivity index (χ4v) is 2.21. The van der Waals surface area contributed by atoms with E-state index in [9.17, 15) is 9.59 Å². The zero-order chi connectivity index (χ0) is 17.5. The van der Waals surface area contributed by atoms with E-state index in [1.807, 2.05) is 18.2 Å². The van der Waals surface area contributed by atoms with E-state index in [1.165, 1.54) is 13.0 Å². The number of aliphatic carboxylic acids is 1. The minimum Gasteiger partial charge on any atom is -0.489 e. The summed E-state index contributed by atoms with van der Waals surface area (Å²) in [6.45, 7) is 1.59. The van der Waals surface area contributed by atoms with Gasteiger partial charge >= 0.3 is 5.97 Å². The summed E-state index contributed by atoms with van der Waals surface area (Å²) >= 11 is 5.93. The van der Waals surface area contributed by atoms with Crippen LogP contribution in [0.2, 0.25) is 5.02 Å². The molecule has 0 bridgehead atoms. The minimum atomic E-state index is -1.21. The van der Waals surface area contributed by atoms with Crippen molar-refractivity contribution in [3.05, 3.63) is 70.4 Å². The first-order chi connectivity index (χ1) is 11.4. The number of hydrogen-bond donors (Lipinski definition) is 2. The third kappa shape index (κ3) is 5.44. The Hall–Kier alpha value is -2.79. The highest BCUT2D eigenvalue weighted by molar-refractivity contribution is 6.30. The van der Waals surface area contributed by atoms with Crippen LogP contribution in [0.4, 0.5) is 0 Å². The second-order valence-corrected chi connectivity index (χ2v) is 5.47. The number of carbonyl (C=O) groups is 2. The SMILES string of the molecule is CC(=O)N/C(=C/c1cccc(OCc2cccc(Cl)c2)c1)C(=O)O. The standard InChI is InChI=1S/C18H16ClNO4/c1-12(21)20-17(18(22)23)10-13-4-3-7-16(9-13)24-11-14-5-2-6-15(19)8-14/h2-10H,11H2,1H3,(H,20,21)(H,22,23)/b17-10+. The van der Waals surface area contributed by atoms with E-state index in [1.54, 1.807) is 30.3 Å². The molecule has 5 nitrogen and oxygen atoms in total. The predicted molar refractivity (Wildman–Crippen MR) is 91.7 cm³/mol. The third-order valence-corrected chi connectivity index (χ3v) is 3.24. The molecule has 0 fully saturated rings. The van der Waals surface area contributed by atoms with Gasteiger partial charge < -0.3 is 15.2 Å². The summed E-state index contributed by atoms with van der Waals surface area (Å²) < 4.78 is 5.69. The van der Waals surface area contributed by atoms with Crippen molar-refractivity contribution >= 4 is 29.6 Å². The van der Waals surface area contributed by atoms with E-state index in [2.05, 4.69) is 5.32 Å². The predicted octanol–water partition coefficient (Wildman–Crippen LogP) is 3.48. The van der Waals surface area contributed by atoms with Crippen LogP contribution in [0.25, 0.3) is 6.08 Å². The lowest BCUT2D eigenvalue weighted by Gasteiger charge is -2.08. The largest absolute Gasteiger partial charge is 0.489 e. The van der Waals surface area contributed by atoms with Crippen LogP contribution in [0.5, 0.6) is 5.75 Å². The topological polar surface area (TPSA) is 75.6 Å². The van der Waals surface area contributed by atoms with Crippen molar-refractivity contribution < 1.29 is 19.4 Å². The number of rotatable bonds is 6. The molecule has 0 radical (unpaired) electrons. The van der Waals surface area contributed by atoms with Crippen LogP contribution in [0.1, 0.15) is 18.1 Å². The molecule has 0 aliphatic heterocycles. The van der Waals surface area contributed by atoms with Gasteiger partial charge in [-0.1, -0.05) is 35.9 Å². The van der Waals surface area contributed by atoms with Crippen molar-refractivity contribution in [2.75, 3.05) is 0 Å². The summed E-state index contributed by atoms with van der Waals surface area (Å²) in [6, 6.07) is 14.2. The van der Waals surface area contributed by atoms with Crippen LogP contribution in [0, 0.1) is 0 Å². The van der Waals surface area contributed by atoms with Crippen LogP contribution >= 0.6 is 11.6 Å². The first kappa shape index (κ1) is 17.6. The maximum Gasteiger partial charge on any atom is 0.352 e. The average Bonchev–Trinajstić information content (AvgIpc) is 2.52. The van der Waals surface area contributed by atoms with Gasteiger partial charge in [0.25, 0.3) is 0 Å². The van der Waals surface area contributed by atoms with Gasteiger partial charge in [-0.05, 0) is 41.5 Å². The summed E-state index contributed by atoms with van der Waals surface area (Å²) in [4.78, 5) is 22.2. The van der Waals surface area contributed by atoms with Crippen LogP contribution < -0.4 is 10.1 Å². The Labute approximate surface area is 144 Å². The number of benzene rings is 2. The fraction of sp³-hybridized carbons (Fsp3) is 0.111. The number of nitrogens with one attached hydrogen (secondary N) is 1. The zero-order valence-electron chi connectivity index (χ0n) is 13.0. The smallest absolute Gasteiger partial charge is 0.352 e. The van der Waals surface area contributed by atoms with Gasteiger partial charge in [0.15, 0.2) is 0 Å². The van der Waals surface area contributed by atoms with Gasteiger partial charge in [0.05, 0.1) is 0 Å². The molecule has 0 spiro atoms. The minimum absolute atomic E-state index is 0.200. The quantitative estimate of drug-likeness (QED) is 0.786. The second-order valence-electron chi connectivity index (χ2n) is 5.04. The lowest BCUT2D eigenvalue weighted by atomic mass is 10.1. The molecule has 2 rings (SSSR count). The Morgan fingerprint density at radius 3 is 2.62 bits per heavy atom. The number of hydrogen-bond acceptors (Lipinski definition) is 3. The summed E-state index contributed by atoms with van der Waals surface area (Å²) in [6.07, 6.45) is 1.37. The number of ether oxygens (including phenoxy) is 1. The van der Waals surface area contributed by atoms with Crippen molar-refractivity contribution in [1.29, 1.82) is 0 Å². The lowest BCUT2D eigenvalue weighted by Crippen LogP contribution is -2.24. The zero-order valence-corrected chi connectivity index (χ0v) is 13.7. The van der Waals surface area contributed by atoms with Crippen LogP contribution in [0.15, 0.2) is 54.2 Å². The number of carboxylic acid groups (broad SMARTS) is 1. The Morgan fingerprint density at radius 1 is 1.21 bits per heavy atom. The van der Waals surface area contributed by atoms with Crippen molar-refractivity contribution in [1.82, 2.24) is 5.32 Å². The Bertz CT molecular complexity index is 786. The molecule has 0 heterocycles. The number of amides is 1. The van der Waals surface area contributed by atoms with E-state index in [-0.39, 0.29) is 5.70 Å². The molecule has 24 heavy (non-hydrogen) atoms. The van der Waals surface area contributed by atoms with Crippen molar-refractivity contribution in [2.24, 2.45) is 0 Å². The average molecular weight is 346 g/mol. The fourth-order valence-electron chi connectivity index (χ4n) is 2.00. The number of halogens is 1. The number of carbonyl (C=O) groups excluding carboxylic acids is 1. The van der Waals surface area contributed by atoms with Gasteiger partial charge in [0.1, 0.15) is 18.1 Å². The molecule has 0 atom stereocenters. The van der Waals surface area contributed by atoms with Crippen LogP contribution in [-0.4, -0.2) is 17.0 Å². The van der Waals surface area contributed by atoms with Gasteiger partial charge in [-0.15, -0.1) is 0 Å². The van der Waals surface area contributed by atoms with E-state index in [0.29, 0.717) is 22.9 Å². The first-order valence-electron chi connectivity index (χ1n) is 7.14. The van der Waals surface area contributed by atoms with E-state index >= 15 is 0 Å². The molecular weight excluding hydrogens is 330 g/mol. The molecule has 6 heteroatoms. The Balaban J connectivity index is 2.13. The summed E-state index contributed by atoms with van der Waals surface area (Å²) in [5.74, 6) is -1.08. The first-order valence-corrected chi connectivity index (χ1v) is 7.52. The monoisotopic (exact) mass is 345 g/mol. The second kappa shape index (κ2) is 8.17. The van der Waals surface area contributed by atoms with E-state index in [4.69, 9.17) is 21.4 Å². The number of carboxylic acids is 1. The molecule has 0 unspecified atom stereocenters. The highest BCUT2D eigenvalue weighted by Crippen LogP contribution is 2.18. The van der Waals surface area contributed by atoms with Gasteiger partial charge in [-0.2, -0.15) is 0 Å². The molecule has 0 aliphatic rings. The Morgan fingerprint density at radius 2 is 1.96 bits per heavy atom. The van der Waals surface area contributed by atoms with Crippen LogP contribution in [-0.2, 0) is 16.2 Å². The molecule has 0 aliphatic carbocycles. The van der Waals surface area contributed by atoms with Crippen molar-refractivity contribution in [3.8, 4) is 5.75 Å². The normalized spacial score (nSPS) is 11.0. The van der Waals surface area contributed by atoms with Gasteiger partial charge in [0, 0.05) is 11.9 Å². The van der Waals surface area contributed by atoms with E-state index in [0.717, 1.165) is 5.56 Å². The molecular formula is C18H16ClNO4. The van der Waals surface area contributed by atoms with E-state index < -0.39 is 11.9 Å². The van der Waals surface area contributed by atoms with Gasteiger partial charge in [-0.3, -0.25) is 4.79 Å². The molecule has 0 saturated heterocycles. The highest BCUT2D eigenvalue weighted by Gasteiger charge is 2.09. The highest BCUT2D eigenvalue weighted by atomic mass is 35.5. The molecule has 1 amide bonds. The van der Waals surface area contributed by atoms with Crippen molar-refractivity contribution in [2.45, 2.75) is 13.5 Å². The molecule has 124 valence electrons. The van der Waals surface area contributed by atoms with Gasteiger partial charge in [0.2, 0.25) is 5.91 Å². The molecule has 2 N–H and O–H groups in total. The molecule has 2 aromatic rings. The maximum atomic E-state index is 11.1. The molecule has 2 aromatic carbocycles. The molecule has 0 aromatic heterocycles. The maximum absolute atomic E-state index is 11.1.